The molecule has 1 aliphatic rings. The average molecular weight is 468 g/mol. The Hall–Kier alpha value is -1.41. The molecular formula is C19H25IN4S. The van der Waals surface area contributed by atoms with Gasteiger partial charge >= 0.3 is 0 Å². The van der Waals surface area contributed by atoms with Gasteiger partial charge in [0.15, 0.2) is 5.96 Å². The number of hydrogen-bond acceptors (Lipinski definition) is 3. The Labute approximate surface area is 171 Å². The molecule has 0 radical (unpaired) electrons. The van der Waals surface area contributed by atoms with Crippen LogP contribution >= 0.6 is 35.3 Å². The van der Waals surface area contributed by atoms with Crippen LogP contribution in [0.4, 0.5) is 0 Å². The van der Waals surface area contributed by atoms with E-state index in [9.17, 15) is 0 Å². The molecule has 0 atom stereocenters. The number of benzene rings is 1. The molecule has 1 aliphatic heterocycles. The monoisotopic (exact) mass is 468 g/mol. The van der Waals surface area contributed by atoms with Crippen molar-refractivity contribution < 1.29 is 0 Å². The minimum Gasteiger partial charge on any atom is -0.351 e. The van der Waals surface area contributed by atoms with Gasteiger partial charge in [0.25, 0.3) is 0 Å². The number of thiazole rings is 1. The Kier molecular flexibility index (Phi) is 7.90. The molecule has 6 heteroatoms. The van der Waals surface area contributed by atoms with Crippen LogP contribution in [0.2, 0.25) is 0 Å². The van der Waals surface area contributed by atoms with Gasteiger partial charge in [0, 0.05) is 25.5 Å². The first-order valence-corrected chi connectivity index (χ1v) is 9.31. The second-order valence-corrected chi connectivity index (χ2v) is 6.72. The van der Waals surface area contributed by atoms with Gasteiger partial charge in [0.1, 0.15) is 0 Å². The lowest BCUT2D eigenvalue weighted by atomic mass is 10.00. The summed E-state index contributed by atoms with van der Waals surface area (Å²) in [6.07, 6.45) is 4.35. The highest BCUT2D eigenvalue weighted by Gasteiger charge is 2.16. The molecule has 3 rings (SSSR count). The van der Waals surface area contributed by atoms with Gasteiger partial charge in [-0.1, -0.05) is 43.3 Å². The van der Waals surface area contributed by atoms with E-state index in [0.29, 0.717) is 0 Å². The summed E-state index contributed by atoms with van der Waals surface area (Å²) in [5.41, 5.74) is 3.85. The van der Waals surface area contributed by atoms with E-state index >= 15 is 0 Å². The SMILES string of the molecule is CCc1nc(CNC(=NC)N2CC=C(c3ccccc3)CC2)cs1.I. The quantitative estimate of drug-likeness (QED) is 0.416. The molecule has 25 heavy (non-hydrogen) atoms. The topological polar surface area (TPSA) is 40.5 Å². The van der Waals surface area contributed by atoms with Crippen molar-refractivity contribution >= 4 is 46.8 Å². The molecule has 0 unspecified atom stereocenters. The predicted molar refractivity (Wildman–Crippen MR) is 118 cm³/mol. The van der Waals surface area contributed by atoms with E-state index in [1.54, 1.807) is 11.3 Å². The zero-order valence-corrected chi connectivity index (χ0v) is 17.9. The van der Waals surface area contributed by atoms with Crippen LogP contribution in [0.15, 0.2) is 46.8 Å². The minimum atomic E-state index is 0. The highest BCUT2D eigenvalue weighted by molar-refractivity contribution is 14.0. The number of halogens is 1. The normalized spacial score (nSPS) is 14.7. The summed E-state index contributed by atoms with van der Waals surface area (Å²) >= 11 is 1.73. The molecule has 2 aromatic rings. The van der Waals surface area contributed by atoms with Gasteiger partial charge in [0.05, 0.1) is 17.2 Å². The van der Waals surface area contributed by atoms with Gasteiger partial charge in [-0.2, -0.15) is 0 Å². The molecular weight excluding hydrogens is 443 g/mol. The molecule has 0 bridgehead atoms. The van der Waals surface area contributed by atoms with E-state index in [4.69, 9.17) is 0 Å². The number of rotatable bonds is 4. The molecule has 134 valence electrons. The van der Waals surface area contributed by atoms with Crippen molar-refractivity contribution in [3.05, 3.63) is 58.1 Å². The fourth-order valence-corrected chi connectivity index (χ4v) is 3.62. The van der Waals surface area contributed by atoms with Crippen LogP contribution in [0.25, 0.3) is 5.57 Å². The van der Waals surface area contributed by atoms with Gasteiger partial charge < -0.3 is 10.2 Å². The third kappa shape index (κ3) is 5.28. The highest BCUT2D eigenvalue weighted by atomic mass is 127. The largest absolute Gasteiger partial charge is 0.351 e. The fraction of sp³-hybridized carbons (Fsp3) is 0.368. The van der Waals surface area contributed by atoms with Gasteiger partial charge in [-0.3, -0.25) is 4.99 Å². The summed E-state index contributed by atoms with van der Waals surface area (Å²) in [6, 6.07) is 10.6. The maximum atomic E-state index is 4.60. The van der Waals surface area contributed by atoms with Gasteiger partial charge in [-0.15, -0.1) is 35.3 Å². The maximum absolute atomic E-state index is 4.60. The summed E-state index contributed by atoms with van der Waals surface area (Å²) in [5, 5.41) is 6.76. The average Bonchev–Trinajstić information content (AvgIpc) is 3.12. The van der Waals surface area contributed by atoms with E-state index < -0.39 is 0 Å². The molecule has 4 nitrogen and oxygen atoms in total. The van der Waals surface area contributed by atoms with E-state index in [-0.39, 0.29) is 24.0 Å². The third-order valence-corrected chi connectivity index (χ3v) is 5.24. The maximum Gasteiger partial charge on any atom is 0.194 e. The molecule has 0 aliphatic carbocycles. The molecule has 0 amide bonds. The van der Waals surface area contributed by atoms with Crippen molar-refractivity contribution in [1.82, 2.24) is 15.2 Å². The number of nitrogens with zero attached hydrogens (tertiary/aromatic N) is 3. The third-order valence-electron chi connectivity index (χ3n) is 4.19. The number of guanidine groups is 1. The van der Waals surface area contributed by atoms with Crippen LogP contribution in [0, 0.1) is 0 Å². The van der Waals surface area contributed by atoms with Crippen molar-refractivity contribution in [3.63, 3.8) is 0 Å². The lowest BCUT2D eigenvalue weighted by Crippen LogP contribution is -2.43. The molecule has 0 spiro atoms. The summed E-state index contributed by atoms with van der Waals surface area (Å²) in [6.45, 7) is 4.74. The van der Waals surface area contributed by atoms with Crippen LogP contribution in [0.5, 0.6) is 0 Å². The smallest absolute Gasteiger partial charge is 0.194 e. The Morgan fingerprint density at radius 3 is 2.72 bits per heavy atom. The Balaban J connectivity index is 0.00000225. The van der Waals surface area contributed by atoms with Crippen LogP contribution < -0.4 is 5.32 Å². The van der Waals surface area contributed by atoms with Crippen molar-refractivity contribution in [2.45, 2.75) is 26.3 Å². The minimum absolute atomic E-state index is 0. The first kappa shape index (κ1) is 19.9. The van der Waals surface area contributed by atoms with Gasteiger partial charge in [0.2, 0.25) is 0 Å². The van der Waals surface area contributed by atoms with Gasteiger partial charge in [-0.05, 0) is 24.0 Å². The number of nitrogens with one attached hydrogen (secondary N) is 1. The van der Waals surface area contributed by atoms with E-state index in [1.165, 1.54) is 16.1 Å². The van der Waals surface area contributed by atoms with E-state index in [1.807, 2.05) is 7.05 Å². The van der Waals surface area contributed by atoms with Crippen LogP contribution in [0.3, 0.4) is 0 Å². The second kappa shape index (κ2) is 9.91. The molecule has 1 N–H and O–H groups in total. The van der Waals surface area contributed by atoms with Crippen molar-refractivity contribution in [3.8, 4) is 0 Å². The summed E-state index contributed by atoms with van der Waals surface area (Å²) in [5.74, 6) is 0.949. The number of hydrogen-bond donors (Lipinski definition) is 1. The Bertz CT molecular complexity index is 724. The molecule has 0 fully saturated rings. The molecule has 1 aromatic carbocycles. The predicted octanol–water partition coefficient (Wildman–Crippen LogP) is 4.19. The second-order valence-electron chi connectivity index (χ2n) is 5.78. The van der Waals surface area contributed by atoms with Crippen LogP contribution in [-0.2, 0) is 13.0 Å². The number of aliphatic imine (C=N–C) groups is 1. The number of aryl methyl sites for hydroxylation is 1. The highest BCUT2D eigenvalue weighted by Crippen LogP contribution is 2.22. The molecule has 2 heterocycles. The van der Waals surface area contributed by atoms with E-state index in [2.05, 4.69) is 68.9 Å². The molecule has 0 saturated heterocycles. The summed E-state index contributed by atoms with van der Waals surface area (Å²) in [7, 11) is 1.84. The lowest BCUT2D eigenvalue weighted by molar-refractivity contribution is 0.439. The number of aromatic nitrogens is 1. The first-order chi connectivity index (χ1) is 11.8. The van der Waals surface area contributed by atoms with Crippen molar-refractivity contribution in [2.24, 2.45) is 4.99 Å². The van der Waals surface area contributed by atoms with E-state index in [0.717, 1.165) is 44.1 Å². The van der Waals surface area contributed by atoms with Crippen molar-refractivity contribution in [2.75, 3.05) is 20.1 Å². The van der Waals surface area contributed by atoms with Crippen molar-refractivity contribution in [1.29, 1.82) is 0 Å². The first-order valence-electron chi connectivity index (χ1n) is 8.43. The standard InChI is InChI=1S/C19H24N4S.HI/c1-3-18-22-17(14-24-18)13-21-19(20-2)23-11-9-16(10-12-23)15-7-5-4-6-8-15;/h4-9,14H,3,10-13H2,1-2H3,(H,20,21);1H. The van der Waals surface area contributed by atoms with Crippen LogP contribution in [0.1, 0.15) is 29.6 Å². The summed E-state index contributed by atoms with van der Waals surface area (Å²) < 4.78 is 0. The summed E-state index contributed by atoms with van der Waals surface area (Å²) in [4.78, 5) is 11.3. The Morgan fingerprint density at radius 1 is 1.32 bits per heavy atom. The Morgan fingerprint density at radius 2 is 2.12 bits per heavy atom. The zero-order chi connectivity index (χ0) is 16.8. The fourth-order valence-electron chi connectivity index (χ4n) is 2.87. The van der Waals surface area contributed by atoms with Gasteiger partial charge in [-0.25, -0.2) is 4.98 Å². The molecule has 1 aromatic heterocycles. The molecule has 0 saturated carbocycles. The zero-order valence-electron chi connectivity index (χ0n) is 14.7. The lowest BCUT2D eigenvalue weighted by Gasteiger charge is -2.29. The van der Waals surface area contributed by atoms with Crippen LogP contribution in [-0.4, -0.2) is 36.0 Å².